The van der Waals surface area contributed by atoms with Crippen LogP contribution in [0.25, 0.3) is 5.69 Å². The van der Waals surface area contributed by atoms with E-state index in [1.54, 1.807) is 0 Å². The summed E-state index contributed by atoms with van der Waals surface area (Å²) in [7, 11) is 0. The average molecular weight is 261 g/mol. The number of nitrogens with zero attached hydrogens (tertiary/aromatic N) is 3. The lowest BCUT2D eigenvalue weighted by molar-refractivity contribution is -0.140. The van der Waals surface area contributed by atoms with E-state index >= 15 is 0 Å². The lowest BCUT2D eigenvalue weighted by Gasteiger charge is -2.11. The summed E-state index contributed by atoms with van der Waals surface area (Å²) in [5, 5.41) is 15.9. The van der Waals surface area contributed by atoms with Crippen LogP contribution in [-0.4, -0.2) is 19.9 Å². The predicted molar refractivity (Wildman–Crippen MR) is 52.2 cm³/mol. The number of benzene rings is 1. The Bertz CT molecular complexity index is 564. The van der Waals surface area contributed by atoms with E-state index in [0.717, 1.165) is 17.0 Å². The van der Waals surface area contributed by atoms with Crippen LogP contribution in [0.2, 0.25) is 0 Å². The summed E-state index contributed by atoms with van der Waals surface area (Å²) in [4.78, 5) is 0. The molecule has 1 N–H and O–H groups in total. The third kappa shape index (κ3) is 2.19. The Balaban J connectivity index is 2.54. The summed E-state index contributed by atoms with van der Waals surface area (Å²) >= 11 is 0. The molecule has 0 aliphatic heterocycles. The van der Waals surface area contributed by atoms with E-state index in [0.29, 0.717) is 12.1 Å². The van der Waals surface area contributed by atoms with Gasteiger partial charge in [-0.2, -0.15) is 13.2 Å². The molecule has 0 fully saturated rings. The van der Waals surface area contributed by atoms with Gasteiger partial charge >= 0.3 is 6.18 Å². The molecule has 4 nitrogen and oxygen atoms in total. The molecule has 0 amide bonds. The smallest absolute Gasteiger partial charge is 0.388 e. The Morgan fingerprint density at radius 2 is 2.00 bits per heavy atom. The number of aliphatic hydroxyl groups excluding tert-OH is 1. The maximum absolute atomic E-state index is 13.1. The highest BCUT2D eigenvalue weighted by Gasteiger charge is 2.34. The van der Waals surface area contributed by atoms with Crippen LogP contribution < -0.4 is 0 Å². The molecule has 1 aromatic carbocycles. The number of hydrogen-bond acceptors (Lipinski definition) is 3. The van der Waals surface area contributed by atoms with Crippen LogP contribution in [0.15, 0.2) is 24.5 Å². The normalized spacial score (nSPS) is 11.8. The van der Waals surface area contributed by atoms with E-state index in [9.17, 15) is 17.6 Å². The van der Waals surface area contributed by atoms with Gasteiger partial charge in [0.05, 0.1) is 5.56 Å². The lowest BCUT2D eigenvalue weighted by atomic mass is 10.2. The van der Waals surface area contributed by atoms with Gasteiger partial charge in [-0.1, -0.05) is 0 Å². The summed E-state index contributed by atoms with van der Waals surface area (Å²) in [6.07, 6.45) is -3.65. The zero-order valence-electron chi connectivity index (χ0n) is 8.82. The fraction of sp³-hybridized carbons (Fsp3) is 0.200. The second kappa shape index (κ2) is 4.37. The van der Waals surface area contributed by atoms with Crippen molar-refractivity contribution in [2.75, 3.05) is 0 Å². The zero-order chi connectivity index (χ0) is 13.3. The van der Waals surface area contributed by atoms with Crippen molar-refractivity contribution in [3.05, 3.63) is 41.7 Å². The molecule has 0 radical (unpaired) electrons. The number of aliphatic hydroxyl groups is 1. The highest BCUT2D eigenvalue weighted by atomic mass is 19.4. The van der Waals surface area contributed by atoms with Crippen molar-refractivity contribution in [3.63, 3.8) is 0 Å². The average Bonchev–Trinajstić information content (AvgIpc) is 2.76. The largest absolute Gasteiger partial charge is 0.419 e. The minimum absolute atomic E-state index is 0.0257. The lowest BCUT2D eigenvalue weighted by Crippen LogP contribution is -2.10. The summed E-state index contributed by atoms with van der Waals surface area (Å²) in [6.45, 7) is -0.487. The molecule has 0 aliphatic rings. The Kier molecular flexibility index (Phi) is 3.04. The molecule has 0 spiro atoms. The molecule has 0 atom stereocenters. The van der Waals surface area contributed by atoms with Crippen molar-refractivity contribution >= 4 is 0 Å². The molecule has 0 saturated heterocycles. The van der Waals surface area contributed by atoms with Crippen molar-refractivity contribution in [3.8, 4) is 5.69 Å². The first kappa shape index (κ1) is 12.5. The Labute approximate surface area is 98.5 Å². The van der Waals surface area contributed by atoms with Crippen LogP contribution in [-0.2, 0) is 12.8 Å². The van der Waals surface area contributed by atoms with Crippen molar-refractivity contribution in [2.24, 2.45) is 0 Å². The topological polar surface area (TPSA) is 50.9 Å². The van der Waals surface area contributed by atoms with Crippen LogP contribution in [0.5, 0.6) is 0 Å². The summed E-state index contributed by atoms with van der Waals surface area (Å²) in [5.74, 6) is -1.29. The van der Waals surface area contributed by atoms with Gasteiger partial charge < -0.3 is 5.11 Å². The highest BCUT2D eigenvalue weighted by Crippen LogP contribution is 2.32. The molecule has 0 aliphatic carbocycles. The number of hydrogen-bond donors (Lipinski definition) is 1. The van der Waals surface area contributed by atoms with Gasteiger partial charge in [-0.15, -0.1) is 10.2 Å². The summed E-state index contributed by atoms with van der Waals surface area (Å²) in [6, 6.07) is 2.49. The first-order chi connectivity index (χ1) is 8.43. The predicted octanol–water partition coefficient (Wildman–Crippen LogP) is 1.92. The van der Waals surface area contributed by atoms with Crippen molar-refractivity contribution in [2.45, 2.75) is 12.8 Å². The van der Waals surface area contributed by atoms with Crippen LogP contribution in [0.1, 0.15) is 11.4 Å². The van der Waals surface area contributed by atoms with Crippen LogP contribution >= 0.6 is 0 Å². The fourth-order valence-corrected chi connectivity index (χ4v) is 1.46. The van der Waals surface area contributed by atoms with Crippen molar-refractivity contribution in [1.29, 1.82) is 0 Å². The van der Waals surface area contributed by atoms with Crippen LogP contribution in [0.4, 0.5) is 17.6 Å². The van der Waals surface area contributed by atoms with Gasteiger partial charge in [-0.05, 0) is 18.2 Å². The quantitative estimate of drug-likeness (QED) is 0.840. The molecule has 2 aromatic rings. The number of halogens is 4. The zero-order valence-corrected chi connectivity index (χ0v) is 8.82. The minimum atomic E-state index is -4.78. The molecule has 8 heteroatoms. The number of aromatic nitrogens is 3. The van der Waals surface area contributed by atoms with Gasteiger partial charge in [-0.25, -0.2) is 4.39 Å². The molecule has 0 bridgehead atoms. The van der Waals surface area contributed by atoms with E-state index in [2.05, 4.69) is 10.2 Å². The van der Waals surface area contributed by atoms with E-state index in [-0.39, 0.29) is 11.5 Å². The first-order valence-corrected chi connectivity index (χ1v) is 4.80. The second-order valence-electron chi connectivity index (χ2n) is 3.44. The minimum Gasteiger partial charge on any atom is -0.388 e. The molecular formula is C10H7F4N3O. The third-order valence-electron chi connectivity index (χ3n) is 2.29. The van der Waals surface area contributed by atoms with Gasteiger partial charge in [-0.3, -0.25) is 4.57 Å². The van der Waals surface area contributed by atoms with Crippen LogP contribution in [0.3, 0.4) is 0 Å². The van der Waals surface area contributed by atoms with Gasteiger partial charge in [0, 0.05) is 5.69 Å². The van der Waals surface area contributed by atoms with E-state index in [1.165, 1.54) is 0 Å². The van der Waals surface area contributed by atoms with E-state index in [4.69, 9.17) is 5.11 Å². The fourth-order valence-electron chi connectivity index (χ4n) is 1.46. The Morgan fingerprint density at radius 1 is 1.28 bits per heavy atom. The summed E-state index contributed by atoms with van der Waals surface area (Å²) < 4.78 is 51.8. The highest BCUT2D eigenvalue weighted by molar-refractivity contribution is 5.38. The van der Waals surface area contributed by atoms with Crippen molar-refractivity contribution in [1.82, 2.24) is 14.8 Å². The Hall–Kier alpha value is -1.96. The number of alkyl halides is 3. The molecule has 2 rings (SSSR count). The maximum Gasteiger partial charge on any atom is 0.419 e. The molecule has 96 valence electrons. The molecular weight excluding hydrogens is 254 g/mol. The van der Waals surface area contributed by atoms with E-state index in [1.807, 2.05) is 0 Å². The Morgan fingerprint density at radius 3 is 2.61 bits per heavy atom. The SMILES string of the molecule is OCc1nncn1-c1ccc(F)c(C(F)(F)F)c1. The molecule has 0 unspecified atom stereocenters. The standard InChI is InChI=1S/C10H7F4N3O/c11-8-2-1-6(3-7(8)10(12,13)14)17-5-15-16-9(17)4-18/h1-3,5,18H,4H2. The van der Waals surface area contributed by atoms with Crippen molar-refractivity contribution < 1.29 is 22.7 Å². The summed E-state index contributed by atoms with van der Waals surface area (Å²) in [5.41, 5.74) is -1.35. The first-order valence-electron chi connectivity index (χ1n) is 4.80. The third-order valence-corrected chi connectivity index (χ3v) is 2.29. The monoisotopic (exact) mass is 261 g/mol. The van der Waals surface area contributed by atoms with Gasteiger partial charge in [0.25, 0.3) is 0 Å². The van der Waals surface area contributed by atoms with Crippen LogP contribution in [0, 0.1) is 5.82 Å². The molecule has 0 saturated carbocycles. The maximum atomic E-state index is 13.1. The van der Waals surface area contributed by atoms with Gasteiger partial charge in [0.15, 0.2) is 5.82 Å². The van der Waals surface area contributed by atoms with Gasteiger partial charge in [0.1, 0.15) is 18.8 Å². The molecule has 18 heavy (non-hydrogen) atoms. The molecule has 1 aromatic heterocycles. The second-order valence-corrected chi connectivity index (χ2v) is 3.44. The number of rotatable bonds is 2. The molecule has 1 heterocycles. The van der Waals surface area contributed by atoms with Gasteiger partial charge in [0.2, 0.25) is 0 Å². The van der Waals surface area contributed by atoms with E-state index < -0.39 is 24.2 Å².